The Hall–Kier alpha value is -1.51. The van der Waals surface area contributed by atoms with Crippen molar-refractivity contribution in [2.75, 3.05) is 7.11 Å². The van der Waals surface area contributed by atoms with Crippen LogP contribution in [0.1, 0.15) is 16.7 Å². The first-order valence-corrected chi connectivity index (χ1v) is 6.18. The molecule has 2 aromatic rings. The molecule has 1 N–H and O–H groups in total. The second kappa shape index (κ2) is 7.82. The zero-order valence-electron chi connectivity index (χ0n) is 11.3. The molecule has 2 nitrogen and oxygen atoms in total. The minimum Gasteiger partial charge on any atom is -0.497 e. The van der Waals surface area contributed by atoms with E-state index >= 15 is 0 Å². The van der Waals surface area contributed by atoms with Gasteiger partial charge in [-0.05, 0) is 35.7 Å². The molecule has 2 rings (SSSR count). The van der Waals surface area contributed by atoms with E-state index in [9.17, 15) is 0 Å². The Morgan fingerprint density at radius 2 is 1.63 bits per heavy atom. The lowest BCUT2D eigenvalue weighted by Crippen LogP contribution is -2.13. The zero-order valence-corrected chi connectivity index (χ0v) is 12.2. The van der Waals surface area contributed by atoms with Crippen LogP contribution in [-0.2, 0) is 13.1 Å². The highest BCUT2D eigenvalue weighted by molar-refractivity contribution is 5.85. The summed E-state index contributed by atoms with van der Waals surface area (Å²) in [4.78, 5) is 0. The van der Waals surface area contributed by atoms with Crippen LogP contribution in [0.2, 0.25) is 0 Å². The first-order chi connectivity index (χ1) is 8.79. The van der Waals surface area contributed by atoms with Gasteiger partial charge in [-0.1, -0.05) is 36.4 Å². The van der Waals surface area contributed by atoms with Gasteiger partial charge in [0.1, 0.15) is 5.75 Å². The van der Waals surface area contributed by atoms with Crippen molar-refractivity contribution in [2.45, 2.75) is 20.0 Å². The van der Waals surface area contributed by atoms with Crippen molar-refractivity contribution in [1.29, 1.82) is 0 Å². The van der Waals surface area contributed by atoms with Crippen LogP contribution in [0.5, 0.6) is 5.75 Å². The molecular weight excluding hydrogens is 258 g/mol. The summed E-state index contributed by atoms with van der Waals surface area (Å²) in [6, 6.07) is 16.6. The molecule has 3 heteroatoms. The van der Waals surface area contributed by atoms with E-state index in [0.29, 0.717) is 0 Å². The number of nitrogens with one attached hydrogen (secondary N) is 1. The van der Waals surface area contributed by atoms with Crippen LogP contribution < -0.4 is 10.1 Å². The molecule has 2 aromatic carbocycles. The number of ether oxygens (including phenoxy) is 1. The molecule has 0 saturated carbocycles. The summed E-state index contributed by atoms with van der Waals surface area (Å²) in [6.07, 6.45) is 0. The van der Waals surface area contributed by atoms with E-state index in [1.165, 1.54) is 16.7 Å². The molecule has 0 heterocycles. The molecule has 0 aromatic heterocycles. The summed E-state index contributed by atoms with van der Waals surface area (Å²) in [5, 5.41) is 3.46. The fraction of sp³-hybridized carbons (Fsp3) is 0.250. The minimum absolute atomic E-state index is 0. The Morgan fingerprint density at radius 1 is 0.947 bits per heavy atom. The van der Waals surface area contributed by atoms with Crippen LogP contribution in [0, 0.1) is 6.92 Å². The molecule has 0 amide bonds. The molecule has 0 radical (unpaired) electrons. The number of aryl methyl sites for hydroxylation is 1. The Labute approximate surface area is 121 Å². The number of halogens is 1. The monoisotopic (exact) mass is 277 g/mol. The quantitative estimate of drug-likeness (QED) is 0.899. The number of methoxy groups -OCH3 is 1. The van der Waals surface area contributed by atoms with Crippen molar-refractivity contribution in [3.05, 3.63) is 65.2 Å². The van der Waals surface area contributed by atoms with Crippen molar-refractivity contribution >= 4 is 12.4 Å². The molecule has 0 atom stereocenters. The SMILES string of the molecule is COc1ccc(CNCc2ccccc2C)cc1.Cl. The van der Waals surface area contributed by atoms with Crippen molar-refractivity contribution in [3.8, 4) is 5.75 Å². The normalized spacial score (nSPS) is 9.79. The average Bonchev–Trinajstić information content (AvgIpc) is 2.42. The predicted octanol–water partition coefficient (Wildman–Crippen LogP) is 3.72. The third-order valence-electron chi connectivity index (χ3n) is 3.06. The molecule has 102 valence electrons. The van der Waals surface area contributed by atoms with Gasteiger partial charge < -0.3 is 10.1 Å². The lowest BCUT2D eigenvalue weighted by atomic mass is 10.1. The Balaban J connectivity index is 0.00000180. The van der Waals surface area contributed by atoms with E-state index in [1.54, 1.807) is 7.11 Å². The topological polar surface area (TPSA) is 21.3 Å². The van der Waals surface area contributed by atoms with Gasteiger partial charge in [0.15, 0.2) is 0 Å². The number of benzene rings is 2. The van der Waals surface area contributed by atoms with Gasteiger partial charge in [0.05, 0.1) is 7.11 Å². The van der Waals surface area contributed by atoms with E-state index in [1.807, 2.05) is 12.1 Å². The molecule has 0 spiro atoms. The number of hydrogen-bond donors (Lipinski definition) is 1. The van der Waals surface area contributed by atoms with Crippen LogP contribution in [0.3, 0.4) is 0 Å². The van der Waals surface area contributed by atoms with E-state index in [2.05, 4.69) is 48.6 Å². The molecule has 0 bridgehead atoms. The zero-order chi connectivity index (χ0) is 12.8. The third kappa shape index (κ3) is 4.58. The summed E-state index contributed by atoms with van der Waals surface area (Å²) < 4.78 is 5.14. The minimum atomic E-state index is 0. The standard InChI is InChI=1S/C16H19NO.ClH/c1-13-5-3-4-6-15(13)12-17-11-14-7-9-16(18-2)10-8-14;/h3-10,17H,11-12H2,1-2H3;1H. The highest BCUT2D eigenvalue weighted by atomic mass is 35.5. The van der Waals surface area contributed by atoms with Gasteiger partial charge in [-0.2, -0.15) is 0 Å². The van der Waals surface area contributed by atoms with E-state index in [4.69, 9.17) is 4.74 Å². The number of rotatable bonds is 5. The lowest BCUT2D eigenvalue weighted by molar-refractivity contribution is 0.414. The van der Waals surface area contributed by atoms with Crippen LogP contribution >= 0.6 is 12.4 Å². The summed E-state index contributed by atoms with van der Waals surface area (Å²) in [5.41, 5.74) is 3.95. The molecule has 0 aliphatic rings. The molecule has 0 saturated heterocycles. The van der Waals surface area contributed by atoms with E-state index in [-0.39, 0.29) is 12.4 Å². The van der Waals surface area contributed by atoms with Crippen molar-refractivity contribution < 1.29 is 4.74 Å². The predicted molar refractivity (Wildman–Crippen MR) is 82.0 cm³/mol. The summed E-state index contributed by atoms with van der Waals surface area (Å²) in [7, 11) is 1.69. The average molecular weight is 278 g/mol. The van der Waals surface area contributed by atoms with Crippen molar-refractivity contribution in [3.63, 3.8) is 0 Å². The Kier molecular flexibility index (Phi) is 6.40. The molecular formula is C16H20ClNO. The van der Waals surface area contributed by atoms with Crippen LogP contribution in [0.4, 0.5) is 0 Å². The van der Waals surface area contributed by atoms with Gasteiger partial charge in [-0.3, -0.25) is 0 Å². The second-order valence-electron chi connectivity index (χ2n) is 4.38. The van der Waals surface area contributed by atoms with Gasteiger partial charge in [0.25, 0.3) is 0 Å². The van der Waals surface area contributed by atoms with Gasteiger partial charge in [-0.25, -0.2) is 0 Å². The maximum Gasteiger partial charge on any atom is 0.118 e. The van der Waals surface area contributed by atoms with Gasteiger partial charge in [0, 0.05) is 13.1 Å². The first kappa shape index (κ1) is 15.5. The highest BCUT2D eigenvalue weighted by Crippen LogP contribution is 2.11. The number of hydrogen-bond acceptors (Lipinski definition) is 2. The maximum atomic E-state index is 5.14. The molecule has 19 heavy (non-hydrogen) atoms. The highest BCUT2D eigenvalue weighted by Gasteiger charge is 1.97. The second-order valence-corrected chi connectivity index (χ2v) is 4.38. The van der Waals surface area contributed by atoms with Gasteiger partial charge in [-0.15, -0.1) is 12.4 Å². The summed E-state index contributed by atoms with van der Waals surface area (Å²) in [6.45, 7) is 3.92. The van der Waals surface area contributed by atoms with Gasteiger partial charge >= 0.3 is 0 Å². The molecule has 0 fully saturated rings. The Bertz CT molecular complexity index is 496. The van der Waals surface area contributed by atoms with Gasteiger partial charge in [0.2, 0.25) is 0 Å². The molecule has 0 unspecified atom stereocenters. The van der Waals surface area contributed by atoms with Crippen LogP contribution in [0.15, 0.2) is 48.5 Å². The van der Waals surface area contributed by atoms with Crippen molar-refractivity contribution in [2.24, 2.45) is 0 Å². The van der Waals surface area contributed by atoms with Crippen molar-refractivity contribution in [1.82, 2.24) is 5.32 Å². The molecule has 0 aliphatic heterocycles. The van der Waals surface area contributed by atoms with Crippen LogP contribution in [0.25, 0.3) is 0 Å². The van der Waals surface area contributed by atoms with E-state index < -0.39 is 0 Å². The van der Waals surface area contributed by atoms with Crippen LogP contribution in [-0.4, -0.2) is 7.11 Å². The fourth-order valence-corrected chi connectivity index (χ4v) is 1.89. The summed E-state index contributed by atoms with van der Waals surface area (Å²) in [5.74, 6) is 0.901. The summed E-state index contributed by atoms with van der Waals surface area (Å²) >= 11 is 0. The Morgan fingerprint density at radius 3 is 2.26 bits per heavy atom. The fourth-order valence-electron chi connectivity index (χ4n) is 1.89. The first-order valence-electron chi connectivity index (χ1n) is 6.18. The third-order valence-corrected chi connectivity index (χ3v) is 3.06. The van der Waals surface area contributed by atoms with E-state index in [0.717, 1.165) is 18.8 Å². The molecule has 0 aliphatic carbocycles. The maximum absolute atomic E-state index is 5.14. The lowest BCUT2D eigenvalue weighted by Gasteiger charge is -2.08. The largest absolute Gasteiger partial charge is 0.497 e. The smallest absolute Gasteiger partial charge is 0.118 e.